The van der Waals surface area contributed by atoms with Gasteiger partial charge in [0.1, 0.15) is 11.5 Å². The summed E-state index contributed by atoms with van der Waals surface area (Å²) in [6, 6.07) is 13.8. The van der Waals surface area contributed by atoms with Crippen LogP contribution in [0.5, 0.6) is 11.5 Å². The van der Waals surface area contributed by atoms with E-state index in [1.165, 1.54) is 70.6 Å². The molecule has 0 fully saturated rings. The summed E-state index contributed by atoms with van der Waals surface area (Å²) in [4.78, 5) is 0. The number of nitrogens with one attached hydrogen (secondary N) is 1. The SMILES string of the molecule is CCCCCCCCCCCCCCOc1ccc(OC)cc1CNc1cccc(CO)c1. The van der Waals surface area contributed by atoms with Crippen LogP contribution in [0.1, 0.15) is 95.1 Å². The molecule has 184 valence electrons. The van der Waals surface area contributed by atoms with E-state index in [9.17, 15) is 5.11 Å². The Hall–Kier alpha value is -2.20. The van der Waals surface area contributed by atoms with Crippen molar-refractivity contribution in [3.05, 3.63) is 53.6 Å². The number of anilines is 1. The van der Waals surface area contributed by atoms with Crippen molar-refractivity contribution in [2.45, 2.75) is 97.1 Å². The summed E-state index contributed by atoms with van der Waals surface area (Å²) in [5.74, 6) is 1.73. The van der Waals surface area contributed by atoms with Crippen molar-refractivity contribution in [1.29, 1.82) is 0 Å². The molecular weight excluding hydrogens is 410 g/mol. The first-order valence-corrected chi connectivity index (χ1v) is 13.0. The molecule has 0 unspecified atom stereocenters. The maximum atomic E-state index is 9.34. The lowest BCUT2D eigenvalue weighted by molar-refractivity contribution is 0.282. The van der Waals surface area contributed by atoms with Crippen LogP contribution in [0.4, 0.5) is 5.69 Å². The largest absolute Gasteiger partial charge is 0.497 e. The predicted molar refractivity (Wildman–Crippen MR) is 139 cm³/mol. The lowest BCUT2D eigenvalue weighted by Gasteiger charge is -2.15. The van der Waals surface area contributed by atoms with E-state index in [4.69, 9.17) is 9.47 Å². The van der Waals surface area contributed by atoms with Gasteiger partial charge >= 0.3 is 0 Å². The number of methoxy groups -OCH3 is 1. The molecule has 0 aliphatic rings. The highest BCUT2D eigenvalue weighted by Gasteiger charge is 2.07. The lowest BCUT2D eigenvalue weighted by Crippen LogP contribution is -2.05. The Balaban J connectivity index is 1.65. The van der Waals surface area contributed by atoms with Crippen molar-refractivity contribution in [2.24, 2.45) is 0 Å². The number of hydrogen-bond acceptors (Lipinski definition) is 4. The maximum absolute atomic E-state index is 9.34. The fourth-order valence-electron chi connectivity index (χ4n) is 4.06. The molecule has 2 aromatic rings. The molecule has 0 bridgehead atoms. The average molecular weight is 456 g/mol. The molecule has 0 spiro atoms. The van der Waals surface area contributed by atoms with Crippen molar-refractivity contribution in [2.75, 3.05) is 19.0 Å². The maximum Gasteiger partial charge on any atom is 0.124 e. The fraction of sp³-hybridized carbons (Fsp3) is 0.586. The van der Waals surface area contributed by atoms with E-state index in [-0.39, 0.29) is 6.61 Å². The van der Waals surface area contributed by atoms with Crippen molar-refractivity contribution in [1.82, 2.24) is 0 Å². The highest BCUT2D eigenvalue weighted by molar-refractivity contribution is 5.48. The van der Waals surface area contributed by atoms with E-state index in [1.807, 2.05) is 42.5 Å². The van der Waals surface area contributed by atoms with Crippen LogP contribution in [0.3, 0.4) is 0 Å². The molecule has 0 aliphatic carbocycles. The van der Waals surface area contributed by atoms with Crippen LogP contribution in [0, 0.1) is 0 Å². The number of aliphatic hydroxyl groups is 1. The third-order valence-corrected chi connectivity index (χ3v) is 6.12. The molecule has 2 rings (SSSR count). The standard InChI is InChI=1S/C29H45NO3/c1-3-4-5-6-7-8-9-10-11-12-13-14-20-33-29-19-18-28(32-2)22-26(29)23-30-27-17-15-16-25(21-27)24-31/h15-19,21-22,30-31H,3-14,20,23-24H2,1-2H3. The summed E-state index contributed by atoms with van der Waals surface area (Å²) in [5.41, 5.74) is 2.95. The first-order chi connectivity index (χ1) is 16.3. The van der Waals surface area contributed by atoms with E-state index >= 15 is 0 Å². The molecule has 0 radical (unpaired) electrons. The van der Waals surface area contributed by atoms with Crippen LogP contribution in [-0.2, 0) is 13.2 Å². The van der Waals surface area contributed by atoms with Gasteiger partial charge in [-0.2, -0.15) is 0 Å². The van der Waals surface area contributed by atoms with E-state index in [0.717, 1.165) is 41.3 Å². The van der Waals surface area contributed by atoms with Gasteiger partial charge in [-0.3, -0.25) is 0 Å². The third-order valence-electron chi connectivity index (χ3n) is 6.12. The molecular formula is C29H45NO3. The molecule has 2 aromatic carbocycles. The number of benzene rings is 2. The van der Waals surface area contributed by atoms with Gasteiger partial charge in [0, 0.05) is 17.8 Å². The smallest absolute Gasteiger partial charge is 0.124 e. The first-order valence-electron chi connectivity index (χ1n) is 13.0. The van der Waals surface area contributed by atoms with Crippen molar-refractivity contribution in [3.63, 3.8) is 0 Å². The van der Waals surface area contributed by atoms with Gasteiger partial charge in [0.15, 0.2) is 0 Å². The van der Waals surface area contributed by atoms with Crippen molar-refractivity contribution in [3.8, 4) is 11.5 Å². The average Bonchev–Trinajstić information content (AvgIpc) is 2.86. The monoisotopic (exact) mass is 455 g/mol. The quantitative estimate of drug-likeness (QED) is 0.212. The number of hydrogen-bond donors (Lipinski definition) is 2. The fourth-order valence-corrected chi connectivity index (χ4v) is 4.06. The molecule has 0 saturated heterocycles. The lowest BCUT2D eigenvalue weighted by atomic mass is 10.1. The minimum absolute atomic E-state index is 0.0437. The molecule has 0 atom stereocenters. The van der Waals surface area contributed by atoms with E-state index in [2.05, 4.69) is 12.2 Å². The Morgan fingerprint density at radius 2 is 1.45 bits per heavy atom. The van der Waals surface area contributed by atoms with Gasteiger partial charge in [0.05, 0.1) is 20.3 Å². The summed E-state index contributed by atoms with van der Waals surface area (Å²) in [6.45, 7) is 3.71. The van der Waals surface area contributed by atoms with Gasteiger partial charge in [0.25, 0.3) is 0 Å². The molecule has 33 heavy (non-hydrogen) atoms. The van der Waals surface area contributed by atoms with Gasteiger partial charge in [-0.25, -0.2) is 0 Å². The summed E-state index contributed by atoms with van der Waals surface area (Å²) in [7, 11) is 1.68. The molecule has 0 amide bonds. The summed E-state index contributed by atoms with van der Waals surface area (Å²) in [6.07, 6.45) is 16.1. The third kappa shape index (κ3) is 11.5. The minimum Gasteiger partial charge on any atom is -0.497 e. The topological polar surface area (TPSA) is 50.7 Å². The summed E-state index contributed by atoms with van der Waals surface area (Å²) < 4.78 is 11.5. The van der Waals surface area contributed by atoms with Crippen molar-refractivity contribution < 1.29 is 14.6 Å². The van der Waals surface area contributed by atoms with Crippen LogP contribution < -0.4 is 14.8 Å². The van der Waals surface area contributed by atoms with E-state index in [1.54, 1.807) is 7.11 Å². The Labute approximate surface area is 201 Å². The first kappa shape index (κ1) is 27.0. The second-order valence-electron chi connectivity index (χ2n) is 8.92. The molecule has 2 N–H and O–H groups in total. The highest BCUT2D eigenvalue weighted by Crippen LogP contribution is 2.26. The highest BCUT2D eigenvalue weighted by atomic mass is 16.5. The number of ether oxygens (including phenoxy) is 2. The zero-order valence-corrected chi connectivity index (χ0v) is 20.9. The van der Waals surface area contributed by atoms with Gasteiger partial charge in [-0.1, -0.05) is 89.7 Å². The van der Waals surface area contributed by atoms with Crippen molar-refractivity contribution >= 4 is 5.69 Å². The zero-order valence-electron chi connectivity index (χ0n) is 20.9. The summed E-state index contributed by atoms with van der Waals surface area (Å²) >= 11 is 0. The normalized spacial score (nSPS) is 10.9. The Bertz CT molecular complexity index is 762. The van der Waals surface area contributed by atoms with Crippen LogP contribution in [-0.4, -0.2) is 18.8 Å². The van der Waals surface area contributed by atoms with E-state index in [0.29, 0.717) is 6.54 Å². The van der Waals surface area contributed by atoms with Crippen LogP contribution in [0.2, 0.25) is 0 Å². The second-order valence-corrected chi connectivity index (χ2v) is 8.92. The predicted octanol–water partition coefficient (Wildman–Crippen LogP) is 7.88. The Morgan fingerprint density at radius 3 is 2.09 bits per heavy atom. The number of aliphatic hydroxyl groups excluding tert-OH is 1. The van der Waals surface area contributed by atoms with Gasteiger partial charge in [-0.15, -0.1) is 0 Å². The minimum atomic E-state index is 0.0437. The van der Waals surface area contributed by atoms with Crippen LogP contribution in [0.25, 0.3) is 0 Å². The van der Waals surface area contributed by atoms with Crippen LogP contribution in [0.15, 0.2) is 42.5 Å². The molecule has 0 aromatic heterocycles. The molecule has 4 nitrogen and oxygen atoms in total. The Kier molecular flexibility index (Phi) is 14.2. The van der Waals surface area contributed by atoms with Gasteiger partial charge in [-0.05, 0) is 42.3 Å². The van der Waals surface area contributed by atoms with Gasteiger partial charge < -0.3 is 19.9 Å². The number of unbranched alkanes of at least 4 members (excludes halogenated alkanes) is 11. The molecule has 4 heteroatoms. The van der Waals surface area contributed by atoms with Gasteiger partial charge in [0.2, 0.25) is 0 Å². The van der Waals surface area contributed by atoms with Crippen LogP contribution >= 0.6 is 0 Å². The molecule has 0 saturated carbocycles. The number of rotatable bonds is 19. The van der Waals surface area contributed by atoms with E-state index < -0.39 is 0 Å². The zero-order chi connectivity index (χ0) is 23.6. The second kappa shape index (κ2) is 17.3. The Morgan fingerprint density at radius 1 is 0.788 bits per heavy atom. The molecule has 0 heterocycles. The summed E-state index contributed by atoms with van der Waals surface area (Å²) in [5, 5.41) is 12.8. The molecule has 0 aliphatic heterocycles.